The molecule has 3 N–H and O–H groups in total. The number of hydrazine groups is 1. The number of benzene rings is 2. The minimum atomic E-state index is -4.13. The van der Waals surface area contributed by atoms with Crippen LogP contribution in [0.5, 0.6) is 0 Å². The van der Waals surface area contributed by atoms with Crippen molar-refractivity contribution in [3.8, 4) is 0 Å². The van der Waals surface area contributed by atoms with Crippen LogP contribution in [0.1, 0.15) is 23.3 Å². The predicted molar refractivity (Wildman–Crippen MR) is 128 cm³/mol. The third-order valence-corrected chi connectivity index (χ3v) is 6.57. The summed E-state index contributed by atoms with van der Waals surface area (Å²) in [6, 6.07) is 15.9. The number of aromatic nitrogens is 2. The highest BCUT2D eigenvalue weighted by molar-refractivity contribution is 7.90. The first-order valence-corrected chi connectivity index (χ1v) is 12.0. The fourth-order valence-corrected chi connectivity index (χ4v) is 4.03. The number of hydrogen-bond donors (Lipinski definition) is 3. The van der Waals surface area contributed by atoms with E-state index < -0.39 is 27.0 Å². The maximum Gasteiger partial charge on any atom is 0.305 e. The summed E-state index contributed by atoms with van der Waals surface area (Å²) in [4.78, 5) is 19.9. The molecule has 0 fully saturated rings. The molecular weight excluding hydrogens is 475 g/mol. The lowest BCUT2D eigenvalue weighted by Gasteiger charge is -2.16. The van der Waals surface area contributed by atoms with Crippen LogP contribution in [0.2, 0.25) is 0 Å². The first kappa shape index (κ1) is 23.8. The number of anilines is 1. The van der Waals surface area contributed by atoms with E-state index in [0.717, 1.165) is 23.2 Å². The van der Waals surface area contributed by atoms with Gasteiger partial charge in [-0.1, -0.05) is 36.4 Å². The van der Waals surface area contributed by atoms with Crippen molar-refractivity contribution in [2.75, 3.05) is 5.32 Å². The number of guanidine groups is 1. The largest absolute Gasteiger partial charge is 0.459 e. The Hall–Kier alpha value is -4.32. The molecule has 12 heteroatoms. The number of sulfonamides is 1. The standard InChI is InChI=1S/C23H21FN6O4S/c1-15(12-21-25-13-17(24)14-26-21)35(32,33)30-23(29-28-22(31)20-10-5-11-34-20)27-19-9-4-7-16-6-2-3-8-18(16)19/h2-11,13-15H,12H2,1H3,(H,28,31)(H2,27,29,30). The number of carbonyl (C=O) groups excluding carboxylic acids is 1. The van der Waals surface area contributed by atoms with Crippen molar-refractivity contribution in [1.82, 2.24) is 20.8 Å². The summed E-state index contributed by atoms with van der Waals surface area (Å²) in [5, 5.41) is 3.63. The summed E-state index contributed by atoms with van der Waals surface area (Å²) >= 11 is 0. The van der Waals surface area contributed by atoms with E-state index in [1.54, 1.807) is 18.2 Å². The average Bonchev–Trinajstić information content (AvgIpc) is 3.39. The number of amides is 1. The maximum absolute atomic E-state index is 13.1. The number of nitrogens with zero attached hydrogens (tertiary/aromatic N) is 3. The van der Waals surface area contributed by atoms with Gasteiger partial charge in [-0.2, -0.15) is 0 Å². The van der Waals surface area contributed by atoms with Crippen LogP contribution in [0.25, 0.3) is 10.8 Å². The summed E-state index contributed by atoms with van der Waals surface area (Å²) in [5.41, 5.74) is 5.45. The van der Waals surface area contributed by atoms with Crippen LogP contribution in [0, 0.1) is 5.82 Å². The molecule has 1 atom stereocenters. The van der Waals surface area contributed by atoms with E-state index >= 15 is 0 Å². The normalized spacial score (nSPS) is 12.8. The Balaban J connectivity index is 1.61. The minimum absolute atomic E-state index is 0.0201. The molecule has 4 aromatic rings. The van der Waals surface area contributed by atoms with Gasteiger partial charge in [0.2, 0.25) is 5.96 Å². The van der Waals surface area contributed by atoms with E-state index in [4.69, 9.17) is 4.42 Å². The summed E-state index contributed by atoms with van der Waals surface area (Å²) in [5.74, 6) is -1.33. The fraction of sp³-hybridized carbons (Fsp3) is 0.130. The first-order valence-electron chi connectivity index (χ1n) is 10.5. The molecule has 35 heavy (non-hydrogen) atoms. The molecule has 2 aromatic carbocycles. The molecule has 2 aromatic heterocycles. The van der Waals surface area contributed by atoms with E-state index in [9.17, 15) is 17.6 Å². The maximum atomic E-state index is 13.1. The summed E-state index contributed by atoms with van der Waals surface area (Å²) in [7, 11) is -4.13. The third-order valence-electron chi connectivity index (χ3n) is 4.95. The molecule has 4 rings (SSSR count). The van der Waals surface area contributed by atoms with Crippen molar-refractivity contribution in [1.29, 1.82) is 0 Å². The van der Waals surface area contributed by atoms with Gasteiger partial charge in [0.05, 0.1) is 23.9 Å². The van der Waals surface area contributed by atoms with E-state index in [2.05, 4.69) is 30.5 Å². The molecule has 0 radical (unpaired) electrons. The van der Waals surface area contributed by atoms with Crippen LogP contribution >= 0.6 is 0 Å². The lowest BCUT2D eigenvalue weighted by molar-refractivity contribution is 0.0916. The summed E-state index contributed by atoms with van der Waals surface area (Å²) < 4.78 is 48.0. The molecule has 180 valence electrons. The predicted octanol–water partition coefficient (Wildman–Crippen LogP) is 3.03. The van der Waals surface area contributed by atoms with Crippen molar-refractivity contribution in [2.24, 2.45) is 4.40 Å². The molecular formula is C23H21FN6O4S. The lowest BCUT2D eigenvalue weighted by atomic mass is 10.1. The number of furan rings is 1. The lowest BCUT2D eigenvalue weighted by Crippen LogP contribution is -2.45. The van der Waals surface area contributed by atoms with Gasteiger partial charge in [0, 0.05) is 17.5 Å². The molecule has 10 nitrogen and oxygen atoms in total. The van der Waals surface area contributed by atoms with E-state index in [1.165, 1.54) is 19.3 Å². The second-order valence-electron chi connectivity index (χ2n) is 7.50. The molecule has 0 aliphatic rings. The summed E-state index contributed by atoms with van der Waals surface area (Å²) in [6.07, 6.45) is 3.17. The zero-order valence-corrected chi connectivity index (χ0v) is 19.3. The van der Waals surface area contributed by atoms with Crippen LogP contribution in [0.15, 0.2) is 82.1 Å². The van der Waals surface area contributed by atoms with Crippen LogP contribution < -0.4 is 16.2 Å². The van der Waals surface area contributed by atoms with Crippen molar-refractivity contribution >= 4 is 38.3 Å². The zero-order valence-electron chi connectivity index (χ0n) is 18.5. The van der Waals surface area contributed by atoms with Gasteiger partial charge in [-0.3, -0.25) is 15.6 Å². The SMILES string of the molecule is CC(Cc1ncc(F)cn1)S(=O)(=O)N=C(NNC(=O)c1ccco1)Nc1cccc2ccccc12. The second kappa shape index (κ2) is 10.3. The van der Waals surface area contributed by atoms with Crippen molar-refractivity contribution in [3.05, 3.63) is 90.7 Å². The van der Waals surface area contributed by atoms with E-state index in [-0.39, 0.29) is 24.0 Å². The Bertz CT molecular complexity index is 1450. The van der Waals surface area contributed by atoms with Gasteiger partial charge in [0.25, 0.3) is 10.0 Å². The quantitative estimate of drug-likeness (QED) is 0.210. The topological polar surface area (TPSA) is 139 Å². The van der Waals surface area contributed by atoms with Gasteiger partial charge in [-0.25, -0.2) is 22.8 Å². The average molecular weight is 497 g/mol. The Morgan fingerprint density at radius 1 is 1.06 bits per heavy atom. The highest BCUT2D eigenvalue weighted by Gasteiger charge is 2.23. The second-order valence-corrected chi connectivity index (χ2v) is 9.51. The van der Waals surface area contributed by atoms with Gasteiger partial charge in [0.15, 0.2) is 11.6 Å². The van der Waals surface area contributed by atoms with Gasteiger partial charge in [-0.15, -0.1) is 4.40 Å². The van der Waals surface area contributed by atoms with Crippen molar-refractivity contribution in [3.63, 3.8) is 0 Å². The Labute approximate surface area is 200 Å². The van der Waals surface area contributed by atoms with Crippen LogP contribution in [0.4, 0.5) is 10.1 Å². The first-order chi connectivity index (χ1) is 16.8. The van der Waals surface area contributed by atoms with Crippen molar-refractivity contribution < 1.29 is 22.0 Å². The molecule has 0 aliphatic carbocycles. The molecule has 1 unspecified atom stereocenters. The number of hydrogen-bond acceptors (Lipinski definition) is 6. The van der Waals surface area contributed by atoms with Crippen LogP contribution in [-0.4, -0.2) is 35.5 Å². The highest BCUT2D eigenvalue weighted by Crippen LogP contribution is 2.23. The molecule has 0 aliphatic heterocycles. The fourth-order valence-electron chi connectivity index (χ4n) is 3.15. The number of nitrogens with one attached hydrogen (secondary N) is 3. The molecule has 0 bridgehead atoms. The third kappa shape index (κ3) is 5.98. The van der Waals surface area contributed by atoms with Gasteiger partial charge >= 0.3 is 5.91 Å². The Morgan fingerprint density at radius 2 is 1.80 bits per heavy atom. The zero-order chi connectivity index (χ0) is 24.8. The van der Waals surface area contributed by atoms with E-state index in [1.807, 2.05) is 30.3 Å². The Kier molecular flexibility index (Phi) is 7.01. The van der Waals surface area contributed by atoms with Crippen LogP contribution in [-0.2, 0) is 16.4 Å². The number of carbonyl (C=O) groups is 1. The minimum Gasteiger partial charge on any atom is -0.459 e. The number of rotatable bonds is 6. The monoisotopic (exact) mass is 496 g/mol. The molecule has 2 heterocycles. The molecule has 0 saturated carbocycles. The molecule has 1 amide bonds. The smallest absolute Gasteiger partial charge is 0.305 e. The van der Waals surface area contributed by atoms with Crippen LogP contribution in [0.3, 0.4) is 0 Å². The number of halogens is 1. The van der Waals surface area contributed by atoms with Crippen molar-refractivity contribution in [2.45, 2.75) is 18.6 Å². The summed E-state index contributed by atoms with van der Waals surface area (Å²) in [6.45, 7) is 1.43. The highest BCUT2D eigenvalue weighted by atomic mass is 32.2. The molecule has 0 spiro atoms. The van der Waals surface area contributed by atoms with Gasteiger partial charge in [0.1, 0.15) is 5.82 Å². The van der Waals surface area contributed by atoms with Gasteiger partial charge < -0.3 is 9.73 Å². The Morgan fingerprint density at radius 3 is 2.54 bits per heavy atom. The van der Waals surface area contributed by atoms with E-state index in [0.29, 0.717) is 5.69 Å². The molecule has 0 saturated heterocycles. The van der Waals surface area contributed by atoms with Gasteiger partial charge in [-0.05, 0) is 30.5 Å². The number of fused-ring (bicyclic) bond motifs is 1.